The summed E-state index contributed by atoms with van der Waals surface area (Å²) in [5.74, 6) is -0.177. The molecule has 0 aliphatic carbocycles. The van der Waals surface area contributed by atoms with E-state index in [1.54, 1.807) is 12.1 Å². The molecule has 0 saturated heterocycles. The monoisotopic (exact) mass is 313 g/mol. The van der Waals surface area contributed by atoms with Gasteiger partial charge in [0.15, 0.2) is 0 Å². The SMILES string of the molecule is CCC(C)NC(=O)CCNS(=O)(=O)c1ccc(C)cc1N. The lowest BCUT2D eigenvalue weighted by molar-refractivity contribution is -0.121. The largest absolute Gasteiger partial charge is 0.398 e. The molecular formula is C14H23N3O3S. The van der Waals surface area contributed by atoms with Crippen LogP contribution in [0, 0.1) is 6.92 Å². The van der Waals surface area contributed by atoms with Crippen LogP contribution in [-0.2, 0) is 14.8 Å². The zero-order valence-electron chi connectivity index (χ0n) is 12.6. The Balaban J connectivity index is 2.60. The molecule has 0 aromatic heterocycles. The number of carbonyl (C=O) groups is 1. The number of aryl methyl sites for hydroxylation is 1. The molecule has 6 nitrogen and oxygen atoms in total. The topological polar surface area (TPSA) is 101 Å². The maximum Gasteiger partial charge on any atom is 0.242 e. The molecule has 118 valence electrons. The predicted octanol–water partition coefficient (Wildman–Crippen LogP) is 1.16. The van der Waals surface area contributed by atoms with Gasteiger partial charge in [-0.2, -0.15) is 0 Å². The highest BCUT2D eigenvalue weighted by atomic mass is 32.2. The zero-order chi connectivity index (χ0) is 16.0. The predicted molar refractivity (Wildman–Crippen MR) is 83.3 cm³/mol. The van der Waals surface area contributed by atoms with E-state index < -0.39 is 10.0 Å². The van der Waals surface area contributed by atoms with E-state index in [2.05, 4.69) is 10.0 Å². The Morgan fingerprint density at radius 3 is 2.62 bits per heavy atom. The van der Waals surface area contributed by atoms with E-state index in [9.17, 15) is 13.2 Å². The fourth-order valence-corrected chi connectivity index (χ4v) is 2.88. The second kappa shape index (κ2) is 7.42. The number of nitrogens with two attached hydrogens (primary N) is 1. The van der Waals surface area contributed by atoms with Crippen LogP contribution < -0.4 is 15.8 Å². The van der Waals surface area contributed by atoms with E-state index in [1.807, 2.05) is 20.8 Å². The second-order valence-electron chi connectivity index (χ2n) is 5.07. The molecule has 0 heterocycles. The van der Waals surface area contributed by atoms with Gasteiger partial charge in [0.25, 0.3) is 0 Å². The Kier molecular flexibility index (Phi) is 6.17. The van der Waals surface area contributed by atoms with Gasteiger partial charge in [0.2, 0.25) is 15.9 Å². The van der Waals surface area contributed by atoms with Crippen molar-refractivity contribution in [1.82, 2.24) is 10.0 Å². The van der Waals surface area contributed by atoms with Crippen LogP contribution in [0.1, 0.15) is 32.3 Å². The number of anilines is 1. The summed E-state index contributed by atoms with van der Waals surface area (Å²) in [4.78, 5) is 11.6. The van der Waals surface area contributed by atoms with Crippen molar-refractivity contribution in [2.24, 2.45) is 0 Å². The van der Waals surface area contributed by atoms with Crippen molar-refractivity contribution in [1.29, 1.82) is 0 Å². The number of nitrogens with one attached hydrogen (secondary N) is 2. The summed E-state index contributed by atoms with van der Waals surface area (Å²) in [7, 11) is -3.69. The highest BCUT2D eigenvalue weighted by Crippen LogP contribution is 2.19. The first kappa shape index (κ1) is 17.5. The standard InChI is InChI=1S/C14H23N3O3S/c1-4-11(3)17-14(18)7-8-16-21(19,20)13-6-5-10(2)9-12(13)15/h5-6,9,11,16H,4,7-8,15H2,1-3H3,(H,17,18). The lowest BCUT2D eigenvalue weighted by Crippen LogP contribution is -2.35. The number of rotatable bonds is 7. The summed E-state index contributed by atoms with van der Waals surface area (Å²) in [5, 5.41) is 2.78. The molecule has 1 aromatic carbocycles. The summed E-state index contributed by atoms with van der Waals surface area (Å²) in [5.41, 5.74) is 6.81. The van der Waals surface area contributed by atoms with Crippen LogP contribution in [0.2, 0.25) is 0 Å². The summed E-state index contributed by atoms with van der Waals surface area (Å²) in [6, 6.07) is 4.83. The molecule has 1 rings (SSSR count). The molecule has 1 unspecified atom stereocenters. The molecule has 7 heteroatoms. The van der Waals surface area contributed by atoms with E-state index >= 15 is 0 Å². The zero-order valence-corrected chi connectivity index (χ0v) is 13.5. The molecule has 0 bridgehead atoms. The second-order valence-corrected chi connectivity index (χ2v) is 6.80. The van der Waals surface area contributed by atoms with Crippen molar-refractivity contribution >= 4 is 21.6 Å². The van der Waals surface area contributed by atoms with Gasteiger partial charge >= 0.3 is 0 Å². The molecular weight excluding hydrogens is 290 g/mol. The van der Waals surface area contributed by atoms with Crippen molar-refractivity contribution in [3.05, 3.63) is 23.8 Å². The van der Waals surface area contributed by atoms with Crippen molar-refractivity contribution in [3.63, 3.8) is 0 Å². The Morgan fingerprint density at radius 2 is 2.05 bits per heavy atom. The number of carbonyl (C=O) groups excluding carboxylic acids is 1. The first-order valence-electron chi connectivity index (χ1n) is 6.91. The molecule has 1 atom stereocenters. The quantitative estimate of drug-likeness (QED) is 0.657. The van der Waals surface area contributed by atoms with E-state index in [-0.39, 0.29) is 35.5 Å². The minimum absolute atomic E-state index is 0.0374. The summed E-state index contributed by atoms with van der Waals surface area (Å²) in [6.07, 6.45) is 0.923. The van der Waals surface area contributed by atoms with Crippen LogP contribution in [0.15, 0.2) is 23.1 Å². The van der Waals surface area contributed by atoms with Crippen LogP contribution in [0.4, 0.5) is 5.69 Å². The van der Waals surface area contributed by atoms with Crippen LogP contribution in [0.3, 0.4) is 0 Å². The number of hydrogen-bond donors (Lipinski definition) is 3. The molecule has 1 amide bonds. The normalized spacial score (nSPS) is 12.9. The molecule has 0 fully saturated rings. The maximum atomic E-state index is 12.1. The van der Waals surface area contributed by atoms with E-state index in [0.717, 1.165) is 12.0 Å². The summed E-state index contributed by atoms with van der Waals surface area (Å²) in [6.45, 7) is 5.74. The van der Waals surface area contributed by atoms with Crippen molar-refractivity contribution in [2.75, 3.05) is 12.3 Å². The molecule has 0 aliphatic rings. The summed E-state index contributed by atoms with van der Waals surface area (Å²) < 4.78 is 26.6. The van der Waals surface area contributed by atoms with E-state index in [0.29, 0.717) is 0 Å². The Morgan fingerprint density at radius 1 is 1.38 bits per heavy atom. The van der Waals surface area contributed by atoms with Crippen LogP contribution >= 0.6 is 0 Å². The molecule has 0 saturated carbocycles. The minimum Gasteiger partial charge on any atom is -0.398 e. The average Bonchev–Trinajstić information content (AvgIpc) is 2.37. The van der Waals surface area contributed by atoms with E-state index in [1.165, 1.54) is 6.07 Å². The number of amides is 1. The van der Waals surface area contributed by atoms with Crippen LogP contribution in [0.5, 0.6) is 0 Å². The van der Waals surface area contributed by atoms with Gasteiger partial charge in [-0.1, -0.05) is 13.0 Å². The molecule has 0 spiro atoms. The fraction of sp³-hybridized carbons (Fsp3) is 0.500. The molecule has 0 aliphatic heterocycles. The first-order chi connectivity index (χ1) is 9.76. The number of nitrogen functional groups attached to an aromatic ring is 1. The first-order valence-corrected chi connectivity index (χ1v) is 8.39. The van der Waals surface area contributed by atoms with Crippen molar-refractivity contribution < 1.29 is 13.2 Å². The van der Waals surface area contributed by atoms with E-state index in [4.69, 9.17) is 5.73 Å². The highest BCUT2D eigenvalue weighted by Gasteiger charge is 2.17. The third-order valence-corrected chi connectivity index (χ3v) is 4.65. The lowest BCUT2D eigenvalue weighted by atomic mass is 10.2. The maximum absolute atomic E-state index is 12.1. The Labute approximate surface area is 126 Å². The molecule has 0 radical (unpaired) electrons. The average molecular weight is 313 g/mol. The van der Waals surface area contributed by atoms with Crippen molar-refractivity contribution in [2.45, 2.75) is 44.6 Å². The number of sulfonamides is 1. The summed E-state index contributed by atoms with van der Waals surface area (Å²) >= 11 is 0. The van der Waals surface area contributed by atoms with Gasteiger partial charge < -0.3 is 11.1 Å². The van der Waals surface area contributed by atoms with Gasteiger partial charge in [-0.15, -0.1) is 0 Å². The third kappa shape index (κ3) is 5.35. The Hall–Kier alpha value is -1.60. The molecule has 21 heavy (non-hydrogen) atoms. The number of hydrogen-bond acceptors (Lipinski definition) is 4. The number of benzene rings is 1. The van der Waals surface area contributed by atoms with Gasteiger partial charge in [-0.05, 0) is 38.0 Å². The lowest BCUT2D eigenvalue weighted by Gasteiger charge is -2.12. The van der Waals surface area contributed by atoms with Gasteiger partial charge in [-0.25, -0.2) is 13.1 Å². The van der Waals surface area contributed by atoms with Crippen LogP contribution in [0.25, 0.3) is 0 Å². The van der Waals surface area contributed by atoms with Gasteiger partial charge in [-0.3, -0.25) is 4.79 Å². The third-order valence-electron chi connectivity index (χ3n) is 3.12. The van der Waals surface area contributed by atoms with Gasteiger partial charge in [0, 0.05) is 19.0 Å². The Bertz CT molecular complexity index is 599. The van der Waals surface area contributed by atoms with Crippen LogP contribution in [-0.4, -0.2) is 26.9 Å². The minimum atomic E-state index is -3.69. The molecule has 1 aromatic rings. The van der Waals surface area contributed by atoms with Gasteiger partial charge in [0.1, 0.15) is 4.90 Å². The molecule has 4 N–H and O–H groups in total. The highest BCUT2D eigenvalue weighted by molar-refractivity contribution is 7.89. The smallest absolute Gasteiger partial charge is 0.242 e. The fourth-order valence-electron chi connectivity index (χ4n) is 1.74. The van der Waals surface area contributed by atoms with Gasteiger partial charge in [0.05, 0.1) is 5.69 Å². The van der Waals surface area contributed by atoms with Crippen molar-refractivity contribution in [3.8, 4) is 0 Å².